The van der Waals surface area contributed by atoms with Gasteiger partial charge in [0.1, 0.15) is 11.9 Å². The molecule has 2 heterocycles. The van der Waals surface area contributed by atoms with Gasteiger partial charge < -0.3 is 10.6 Å². The van der Waals surface area contributed by atoms with Crippen molar-refractivity contribution >= 4 is 11.5 Å². The van der Waals surface area contributed by atoms with Crippen LogP contribution < -0.4 is 10.6 Å². The quantitative estimate of drug-likeness (QED) is 0.839. The normalized spacial score (nSPS) is 26.6. The summed E-state index contributed by atoms with van der Waals surface area (Å²) in [5.41, 5.74) is 6.59. The molecule has 100 valence electrons. The van der Waals surface area contributed by atoms with Crippen molar-refractivity contribution in [1.82, 2.24) is 4.98 Å². The summed E-state index contributed by atoms with van der Waals surface area (Å²) in [6.07, 6.45) is 7.88. The molecular weight excluding hydrogens is 236 g/mol. The van der Waals surface area contributed by atoms with Crippen molar-refractivity contribution in [2.45, 2.75) is 44.6 Å². The summed E-state index contributed by atoms with van der Waals surface area (Å²) in [5, 5.41) is 9.06. The first kappa shape index (κ1) is 12.3. The number of hydrogen-bond acceptors (Lipinski definition) is 4. The number of nitrogens with zero attached hydrogens (tertiary/aromatic N) is 3. The molecule has 1 saturated carbocycles. The van der Waals surface area contributed by atoms with Gasteiger partial charge in [0.05, 0.1) is 5.69 Å². The van der Waals surface area contributed by atoms with E-state index in [0.717, 1.165) is 18.3 Å². The van der Waals surface area contributed by atoms with Crippen molar-refractivity contribution in [1.29, 1.82) is 5.26 Å². The first-order valence-electron chi connectivity index (χ1n) is 7.23. The van der Waals surface area contributed by atoms with E-state index in [-0.39, 0.29) is 0 Å². The molecule has 0 spiro atoms. The molecule has 1 aromatic heterocycles. The number of nitrogens with two attached hydrogens (primary N) is 1. The molecule has 3 rings (SSSR count). The van der Waals surface area contributed by atoms with E-state index in [9.17, 15) is 0 Å². The standard InChI is InChI=1S/C15H20N4/c16-10-13-12(17)7-8-15(18-13)19-9-3-5-11-4-1-2-6-14(11)19/h7-8,11,14H,1-6,9,17H2/t11-,14-/m1/s1. The summed E-state index contributed by atoms with van der Waals surface area (Å²) in [7, 11) is 0. The summed E-state index contributed by atoms with van der Waals surface area (Å²) >= 11 is 0. The van der Waals surface area contributed by atoms with Crippen molar-refractivity contribution in [2.75, 3.05) is 17.2 Å². The number of nitriles is 1. The number of aromatic nitrogens is 1. The average molecular weight is 256 g/mol. The highest BCUT2D eigenvalue weighted by Crippen LogP contribution is 2.37. The Morgan fingerprint density at radius 1 is 1.21 bits per heavy atom. The van der Waals surface area contributed by atoms with Gasteiger partial charge in [-0.1, -0.05) is 12.8 Å². The fourth-order valence-electron chi connectivity index (χ4n) is 3.62. The van der Waals surface area contributed by atoms with Gasteiger partial charge in [0.25, 0.3) is 0 Å². The second-order valence-electron chi connectivity index (χ2n) is 5.67. The molecule has 2 aliphatic rings. The van der Waals surface area contributed by atoms with Crippen LogP contribution in [0.1, 0.15) is 44.2 Å². The number of anilines is 2. The minimum atomic E-state index is 0.357. The molecule has 0 aromatic carbocycles. The van der Waals surface area contributed by atoms with Crippen molar-refractivity contribution in [3.8, 4) is 6.07 Å². The van der Waals surface area contributed by atoms with E-state index in [2.05, 4.69) is 16.0 Å². The highest BCUT2D eigenvalue weighted by molar-refractivity contribution is 5.56. The molecule has 0 amide bonds. The van der Waals surface area contributed by atoms with Crippen LogP contribution in [-0.4, -0.2) is 17.6 Å². The molecule has 1 aliphatic carbocycles. The molecule has 1 saturated heterocycles. The fraction of sp³-hybridized carbons (Fsp3) is 0.600. The van der Waals surface area contributed by atoms with Gasteiger partial charge in [0.2, 0.25) is 0 Å². The average Bonchev–Trinajstić information content (AvgIpc) is 2.47. The van der Waals surface area contributed by atoms with E-state index in [1.165, 1.54) is 38.5 Å². The molecule has 19 heavy (non-hydrogen) atoms. The Labute approximate surface area is 114 Å². The summed E-state index contributed by atoms with van der Waals surface area (Å²) in [5.74, 6) is 1.75. The van der Waals surface area contributed by atoms with Crippen LogP contribution >= 0.6 is 0 Å². The van der Waals surface area contributed by atoms with Gasteiger partial charge in [0, 0.05) is 12.6 Å². The molecule has 1 aliphatic heterocycles. The van der Waals surface area contributed by atoms with E-state index in [4.69, 9.17) is 11.0 Å². The van der Waals surface area contributed by atoms with Gasteiger partial charge in [-0.25, -0.2) is 4.98 Å². The van der Waals surface area contributed by atoms with Crippen LogP contribution in [0.4, 0.5) is 11.5 Å². The van der Waals surface area contributed by atoms with Crippen LogP contribution in [0, 0.1) is 17.2 Å². The van der Waals surface area contributed by atoms with E-state index in [0.29, 0.717) is 17.4 Å². The Bertz CT molecular complexity index is 503. The van der Waals surface area contributed by atoms with Gasteiger partial charge >= 0.3 is 0 Å². The van der Waals surface area contributed by atoms with Crippen molar-refractivity contribution < 1.29 is 0 Å². The molecule has 4 heteroatoms. The maximum absolute atomic E-state index is 9.06. The van der Waals surface area contributed by atoms with Gasteiger partial charge in [-0.05, 0) is 43.7 Å². The van der Waals surface area contributed by atoms with Gasteiger partial charge in [-0.15, -0.1) is 0 Å². The fourth-order valence-corrected chi connectivity index (χ4v) is 3.62. The topological polar surface area (TPSA) is 65.9 Å². The highest BCUT2D eigenvalue weighted by atomic mass is 15.2. The summed E-state index contributed by atoms with van der Waals surface area (Å²) < 4.78 is 0. The molecule has 2 fully saturated rings. The molecule has 2 N–H and O–H groups in total. The minimum Gasteiger partial charge on any atom is -0.396 e. The zero-order valence-electron chi connectivity index (χ0n) is 11.2. The Morgan fingerprint density at radius 2 is 2.00 bits per heavy atom. The van der Waals surface area contributed by atoms with Crippen molar-refractivity contribution in [2.24, 2.45) is 5.92 Å². The maximum atomic E-state index is 9.06. The largest absolute Gasteiger partial charge is 0.396 e. The Balaban J connectivity index is 1.90. The third kappa shape index (κ3) is 2.25. The number of piperidine rings is 1. The van der Waals surface area contributed by atoms with Crippen molar-refractivity contribution in [3.05, 3.63) is 17.8 Å². The lowest BCUT2D eigenvalue weighted by Gasteiger charge is -2.44. The molecule has 2 atom stereocenters. The lowest BCUT2D eigenvalue weighted by atomic mass is 9.78. The first-order valence-corrected chi connectivity index (χ1v) is 7.23. The predicted octanol–water partition coefficient (Wildman–Crippen LogP) is 2.69. The lowest BCUT2D eigenvalue weighted by Crippen LogP contribution is -2.47. The number of rotatable bonds is 1. The van der Waals surface area contributed by atoms with Crippen LogP contribution in [0.3, 0.4) is 0 Å². The molecule has 1 aromatic rings. The van der Waals surface area contributed by atoms with Crippen LogP contribution in [0.25, 0.3) is 0 Å². The highest BCUT2D eigenvalue weighted by Gasteiger charge is 2.33. The van der Waals surface area contributed by atoms with Crippen LogP contribution in [0.15, 0.2) is 12.1 Å². The van der Waals surface area contributed by atoms with Crippen LogP contribution in [0.5, 0.6) is 0 Å². The Hall–Kier alpha value is -1.76. The smallest absolute Gasteiger partial charge is 0.165 e. The third-order valence-corrected chi connectivity index (χ3v) is 4.56. The van der Waals surface area contributed by atoms with Crippen molar-refractivity contribution in [3.63, 3.8) is 0 Å². The second kappa shape index (κ2) is 5.08. The molecule has 0 unspecified atom stereocenters. The number of fused-ring (bicyclic) bond motifs is 1. The monoisotopic (exact) mass is 256 g/mol. The Morgan fingerprint density at radius 3 is 2.84 bits per heavy atom. The number of nitrogen functional groups attached to an aromatic ring is 1. The summed E-state index contributed by atoms with van der Waals surface area (Å²) in [6, 6.07) is 6.48. The lowest BCUT2D eigenvalue weighted by molar-refractivity contribution is 0.243. The van der Waals surface area contributed by atoms with Crippen LogP contribution in [-0.2, 0) is 0 Å². The van der Waals surface area contributed by atoms with Gasteiger partial charge in [-0.3, -0.25) is 0 Å². The van der Waals surface area contributed by atoms with Gasteiger partial charge in [0.15, 0.2) is 5.69 Å². The third-order valence-electron chi connectivity index (χ3n) is 4.56. The molecular formula is C15H20N4. The molecule has 4 nitrogen and oxygen atoms in total. The zero-order valence-corrected chi connectivity index (χ0v) is 11.2. The van der Waals surface area contributed by atoms with E-state index in [1.807, 2.05) is 12.1 Å². The Kier molecular flexibility index (Phi) is 3.29. The second-order valence-corrected chi connectivity index (χ2v) is 5.67. The SMILES string of the molecule is N#Cc1nc(N2CCC[C@H]3CCCC[C@H]32)ccc1N. The van der Waals surface area contributed by atoms with E-state index >= 15 is 0 Å². The zero-order chi connectivity index (χ0) is 13.2. The molecule has 0 radical (unpaired) electrons. The van der Waals surface area contributed by atoms with Gasteiger partial charge in [-0.2, -0.15) is 5.26 Å². The number of pyridine rings is 1. The number of hydrogen-bond donors (Lipinski definition) is 1. The van der Waals surface area contributed by atoms with E-state index in [1.54, 1.807) is 0 Å². The summed E-state index contributed by atoms with van der Waals surface area (Å²) in [6.45, 7) is 1.06. The predicted molar refractivity (Wildman–Crippen MR) is 75.7 cm³/mol. The minimum absolute atomic E-state index is 0.357. The maximum Gasteiger partial charge on any atom is 0.165 e. The van der Waals surface area contributed by atoms with Crippen LogP contribution in [0.2, 0.25) is 0 Å². The van der Waals surface area contributed by atoms with E-state index < -0.39 is 0 Å². The first-order chi connectivity index (χ1) is 9.29. The molecule has 0 bridgehead atoms. The summed E-state index contributed by atoms with van der Waals surface area (Å²) in [4.78, 5) is 6.86.